The van der Waals surface area contributed by atoms with Crippen LogP contribution in [0.3, 0.4) is 0 Å². The summed E-state index contributed by atoms with van der Waals surface area (Å²) in [5.74, 6) is -1.06. The van der Waals surface area contributed by atoms with Crippen molar-refractivity contribution in [2.24, 2.45) is 5.92 Å². The van der Waals surface area contributed by atoms with Gasteiger partial charge in [-0.05, 0) is 19.3 Å². The molecular weight excluding hydrogens is 688 g/mol. The van der Waals surface area contributed by atoms with Crippen molar-refractivity contribution in [2.75, 3.05) is 72.7 Å². The van der Waals surface area contributed by atoms with E-state index in [9.17, 15) is 9.90 Å². The van der Waals surface area contributed by atoms with Crippen molar-refractivity contribution in [3.05, 3.63) is 0 Å². The Morgan fingerprint density at radius 2 is 0.680 bits per heavy atom. The SMILES string of the molecule is CCC(CCCCOC[C@H](O)[C@H](O)CO)C(=O)O.OC[C@@H](O)[C@@H](O)CO.OC[C@@H](O)[C@@H](O)CO.OC[C@@H](O)[C@@H](O)CO.OC[C@@H](O)[C@@H](O)CO. The summed E-state index contributed by atoms with van der Waals surface area (Å²) in [6.45, 7) is -2.48. The van der Waals surface area contributed by atoms with Crippen LogP contribution in [0.15, 0.2) is 0 Å². The summed E-state index contributed by atoms with van der Waals surface area (Å²) in [4.78, 5) is 10.7. The second-order valence-corrected chi connectivity index (χ2v) is 10.3. The molecule has 0 saturated heterocycles. The number of unbranched alkanes of at least 4 members (excludes halogenated alkanes) is 1. The molecule has 0 bridgehead atoms. The highest BCUT2D eigenvalue weighted by Gasteiger charge is 2.17. The highest BCUT2D eigenvalue weighted by molar-refractivity contribution is 5.69. The summed E-state index contributed by atoms with van der Waals surface area (Å²) < 4.78 is 5.13. The van der Waals surface area contributed by atoms with Crippen molar-refractivity contribution in [2.45, 2.75) is 93.6 Å². The van der Waals surface area contributed by atoms with Gasteiger partial charge in [0.15, 0.2) is 0 Å². The fourth-order valence-electron chi connectivity index (χ4n) is 2.51. The molecule has 0 saturated carbocycles. The monoisotopic (exact) mass is 752 g/mol. The average molecular weight is 753 g/mol. The lowest BCUT2D eigenvalue weighted by molar-refractivity contribution is -0.142. The maximum atomic E-state index is 10.7. The topological polar surface area (TPSA) is 431 Å². The largest absolute Gasteiger partial charge is 0.481 e. The Labute approximate surface area is 290 Å². The summed E-state index contributed by atoms with van der Waals surface area (Å²) >= 11 is 0. The standard InChI is InChI=1S/C12H24O6.4C4H10O4/c1-2-9(12(16)17)5-3-4-6-18-8-11(15)10(14)7-13;4*5-1-3(7)4(8)2-6/h9-11,13-15H,2-8H2,1H3,(H,16,17);4*3-8H,1-2H2/t9?,10-,11+;4*3-,4+/m1..../s1. The summed E-state index contributed by atoms with van der Waals surface area (Å²) in [6, 6.07) is 0. The molecule has 20 N–H and O–H groups in total. The van der Waals surface area contributed by atoms with Crippen molar-refractivity contribution in [3.8, 4) is 0 Å². The van der Waals surface area contributed by atoms with Gasteiger partial charge in [0, 0.05) is 6.61 Å². The molecule has 22 nitrogen and oxygen atoms in total. The van der Waals surface area contributed by atoms with Crippen LogP contribution in [-0.2, 0) is 9.53 Å². The summed E-state index contributed by atoms with van der Waals surface area (Å²) in [7, 11) is 0. The Morgan fingerprint density at radius 1 is 0.440 bits per heavy atom. The van der Waals surface area contributed by atoms with Gasteiger partial charge in [0.25, 0.3) is 0 Å². The number of carboxylic acids is 1. The number of aliphatic hydroxyl groups is 19. The van der Waals surface area contributed by atoms with Gasteiger partial charge in [-0.25, -0.2) is 0 Å². The van der Waals surface area contributed by atoms with Gasteiger partial charge in [0.2, 0.25) is 0 Å². The minimum Gasteiger partial charge on any atom is -0.481 e. The quantitative estimate of drug-likeness (QED) is 0.0431. The Bertz CT molecular complexity index is 585. The highest BCUT2D eigenvalue weighted by atomic mass is 16.5. The average Bonchev–Trinajstić information content (AvgIpc) is 3.14. The molecule has 0 aromatic carbocycles. The molecule has 0 spiro atoms. The molecule has 11 atom stereocenters. The Balaban J connectivity index is -0.000000180. The number of rotatable bonds is 23. The maximum absolute atomic E-state index is 10.7. The van der Waals surface area contributed by atoms with E-state index in [2.05, 4.69) is 0 Å². The molecule has 1 unspecified atom stereocenters. The second-order valence-electron chi connectivity index (χ2n) is 10.3. The summed E-state index contributed by atoms with van der Waals surface area (Å²) in [5, 5.41) is 168. The molecule has 0 aromatic rings. The fourth-order valence-corrected chi connectivity index (χ4v) is 2.51. The molecule has 0 aliphatic heterocycles. The van der Waals surface area contributed by atoms with Crippen LogP contribution in [-0.4, -0.2) is 242 Å². The minimum absolute atomic E-state index is 0.0299. The van der Waals surface area contributed by atoms with E-state index >= 15 is 0 Å². The van der Waals surface area contributed by atoms with Crippen LogP contribution in [0.25, 0.3) is 0 Å². The van der Waals surface area contributed by atoms with Crippen LogP contribution in [0.4, 0.5) is 0 Å². The summed E-state index contributed by atoms with van der Waals surface area (Å²) in [6.07, 6.45) is -9.33. The molecule has 50 heavy (non-hydrogen) atoms. The van der Waals surface area contributed by atoms with Gasteiger partial charge in [-0.15, -0.1) is 0 Å². The second kappa shape index (κ2) is 40.4. The number of carboxylic acid groups (broad SMARTS) is 1. The third-order valence-corrected chi connectivity index (χ3v) is 6.13. The molecule has 0 amide bonds. The van der Waals surface area contributed by atoms with E-state index in [1.165, 1.54) is 0 Å². The van der Waals surface area contributed by atoms with Crippen molar-refractivity contribution in [1.82, 2.24) is 0 Å². The molecule has 22 heteroatoms. The molecular formula is C28H64O22. The van der Waals surface area contributed by atoms with Gasteiger partial charge < -0.3 is 107 Å². The van der Waals surface area contributed by atoms with Crippen LogP contribution in [0, 0.1) is 5.92 Å². The van der Waals surface area contributed by atoms with Crippen molar-refractivity contribution in [3.63, 3.8) is 0 Å². The maximum Gasteiger partial charge on any atom is 0.306 e. The van der Waals surface area contributed by atoms with E-state index in [1.807, 2.05) is 6.92 Å². The highest BCUT2D eigenvalue weighted by Crippen LogP contribution is 2.12. The lowest BCUT2D eigenvalue weighted by Gasteiger charge is -2.15. The van der Waals surface area contributed by atoms with Gasteiger partial charge in [-0.3, -0.25) is 4.79 Å². The third-order valence-electron chi connectivity index (χ3n) is 6.13. The van der Waals surface area contributed by atoms with Crippen molar-refractivity contribution in [1.29, 1.82) is 0 Å². The molecule has 308 valence electrons. The first-order valence-electron chi connectivity index (χ1n) is 15.5. The van der Waals surface area contributed by atoms with Crippen LogP contribution in [0.2, 0.25) is 0 Å². The molecule has 0 rings (SSSR count). The predicted molar refractivity (Wildman–Crippen MR) is 170 cm³/mol. The Morgan fingerprint density at radius 3 is 0.880 bits per heavy atom. The molecule has 0 radical (unpaired) electrons. The normalized spacial score (nSPS) is 17.4. The van der Waals surface area contributed by atoms with Gasteiger partial charge in [0.05, 0.1) is 72.0 Å². The zero-order valence-electron chi connectivity index (χ0n) is 28.2. The first-order chi connectivity index (χ1) is 23.4. The first kappa shape index (κ1) is 58.0. The van der Waals surface area contributed by atoms with E-state index in [-0.39, 0.29) is 12.5 Å². The molecule has 0 heterocycles. The van der Waals surface area contributed by atoms with Crippen LogP contribution in [0.5, 0.6) is 0 Å². The molecule has 0 aliphatic carbocycles. The van der Waals surface area contributed by atoms with Crippen molar-refractivity contribution >= 4 is 5.97 Å². The van der Waals surface area contributed by atoms with E-state index in [0.717, 1.165) is 6.42 Å². The lowest BCUT2D eigenvalue weighted by atomic mass is 10.00. The molecule has 0 aromatic heterocycles. The van der Waals surface area contributed by atoms with E-state index < -0.39 is 126 Å². The van der Waals surface area contributed by atoms with E-state index in [4.69, 9.17) is 102 Å². The van der Waals surface area contributed by atoms with E-state index in [0.29, 0.717) is 25.9 Å². The van der Waals surface area contributed by atoms with Gasteiger partial charge >= 0.3 is 5.97 Å². The molecule has 0 fully saturated rings. The number of aliphatic hydroxyl groups excluding tert-OH is 19. The number of ether oxygens (including phenoxy) is 1. The molecule has 0 aliphatic rings. The minimum atomic E-state index is -1.22. The van der Waals surface area contributed by atoms with Gasteiger partial charge in [0.1, 0.15) is 61.0 Å². The Hall–Kier alpha value is -1.33. The smallest absolute Gasteiger partial charge is 0.306 e. The van der Waals surface area contributed by atoms with Gasteiger partial charge in [-0.2, -0.15) is 0 Å². The van der Waals surface area contributed by atoms with Gasteiger partial charge in [-0.1, -0.05) is 13.3 Å². The predicted octanol–water partition coefficient (Wildman–Crippen LogP) is -9.23. The Kier molecular flexibility index (Phi) is 46.9. The van der Waals surface area contributed by atoms with E-state index in [1.54, 1.807) is 0 Å². The number of carbonyl (C=O) groups is 1. The zero-order valence-corrected chi connectivity index (χ0v) is 28.2. The lowest BCUT2D eigenvalue weighted by Crippen LogP contribution is -2.33. The van der Waals surface area contributed by atoms with Crippen LogP contribution >= 0.6 is 0 Å². The zero-order chi connectivity index (χ0) is 40.2. The van der Waals surface area contributed by atoms with Crippen LogP contribution < -0.4 is 0 Å². The number of aliphatic carboxylic acids is 1. The first-order valence-corrected chi connectivity index (χ1v) is 15.5. The third kappa shape index (κ3) is 36.5. The van der Waals surface area contributed by atoms with Crippen LogP contribution in [0.1, 0.15) is 32.6 Å². The fraction of sp³-hybridized carbons (Fsp3) is 0.964. The van der Waals surface area contributed by atoms with Crippen molar-refractivity contribution < 1.29 is 112 Å². The number of hydrogen-bond donors (Lipinski definition) is 20. The summed E-state index contributed by atoms with van der Waals surface area (Å²) in [5.41, 5.74) is 0. The number of hydrogen-bond acceptors (Lipinski definition) is 21.